The first-order chi connectivity index (χ1) is 16.9. The molecule has 9 heteroatoms. The quantitative estimate of drug-likeness (QED) is 0.424. The van der Waals surface area contributed by atoms with Gasteiger partial charge in [0.2, 0.25) is 5.75 Å². The zero-order chi connectivity index (χ0) is 25.8. The summed E-state index contributed by atoms with van der Waals surface area (Å²) in [5.41, 5.74) is 1.19. The number of carbonyl (C=O) groups is 3. The predicted molar refractivity (Wildman–Crippen MR) is 133 cm³/mol. The Morgan fingerprint density at radius 3 is 1.80 bits per heavy atom. The summed E-state index contributed by atoms with van der Waals surface area (Å²) in [6.45, 7) is 11.2. The highest BCUT2D eigenvalue weighted by Gasteiger charge is 2.20. The molecule has 0 atom stereocenters. The van der Waals surface area contributed by atoms with E-state index in [0.717, 1.165) is 0 Å². The average Bonchev–Trinajstić information content (AvgIpc) is 2.85. The summed E-state index contributed by atoms with van der Waals surface area (Å²) in [5, 5.41) is 2.65. The number of anilines is 1. The van der Waals surface area contributed by atoms with Crippen molar-refractivity contribution in [2.45, 2.75) is 34.6 Å². The highest BCUT2D eigenvalue weighted by molar-refractivity contribution is 5.97. The van der Waals surface area contributed by atoms with Crippen molar-refractivity contribution in [3.63, 3.8) is 0 Å². The number of hydrogen-bond acceptors (Lipinski definition) is 7. The molecule has 0 aliphatic carbocycles. The van der Waals surface area contributed by atoms with E-state index in [0.29, 0.717) is 61.4 Å². The molecule has 0 spiro atoms. The maximum atomic E-state index is 12.6. The third-order valence-corrected chi connectivity index (χ3v) is 4.95. The summed E-state index contributed by atoms with van der Waals surface area (Å²) in [5.74, 6) is -0.164. The number of benzene rings is 2. The van der Waals surface area contributed by atoms with Crippen molar-refractivity contribution in [3.8, 4) is 17.2 Å². The molecule has 0 unspecified atom stereocenters. The Hall–Kier alpha value is -3.75. The second-order valence-electron chi connectivity index (χ2n) is 7.28. The van der Waals surface area contributed by atoms with Crippen LogP contribution in [0, 0.1) is 0 Å². The molecule has 0 fully saturated rings. The second-order valence-corrected chi connectivity index (χ2v) is 7.28. The second kappa shape index (κ2) is 13.8. The van der Waals surface area contributed by atoms with Gasteiger partial charge >= 0.3 is 5.97 Å². The van der Waals surface area contributed by atoms with Crippen molar-refractivity contribution >= 4 is 23.5 Å². The summed E-state index contributed by atoms with van der Waals surface area (Å²) in [6.07, 6.45) is 0. The van der Waals surface area contributed by atoms with E-state index in [1.165, 1.54) is 12.1 Å². The lowest BCUT2D eigenvalue weighted by atomic mass is 10.1. The Bertz CT molecular complexity index is 974. The van der Waals surface area contributed by atoms with Crippen LogP contribution in [0.15, 0.2) is 36.4 Å². The van der Waals surface area contributed by atoms with Crippen LogP contribution in [0.1, 0.15) is 55.3 Å². The Kier molecular flexibility index (Phi) is 10.9. The van der Waals surface area contributed by atoms with Gasteiger partial charge in [-0.1, -0.05) is 0 Å². The zero-order valence-corrected chi connectivity index (χ0v) is 21.0. The van der Waals surface area contributed by atoms with Crippen LogP contribution in [-0.4, -0.2) is 62.2 Å². The first-order valence-electron chi connectivity index (χ1n) is 11.8. The third-order valence-electron chi connectivity index (χ3n) is 4.95. The average molecular weight is 487 g/mol. The van der Waals surface area contributed by atoms with Gasteiger partial charge in [0.25, 0.3) is 11.8 Å². The normalized spacial score (nSPS) is 10.3. The highest BCUT2D eigenvalue weighted by Crippen LogP contribution is 2.39. The number of nitrogens with zero attached hydrogens (tertiary/aromatic N) is 1. The van der Waals surface area contributed by atoms with Crippen LogP contribution >= 0.6 is 0 Å². The molecule has 0 aliphatic heterocycles. The van der Waals surface area contributed by atoms with Crippen LogP contribution in [-0.2, 0) is 9.53 Å². The van der Waals surface area contributed by atoms with Crippen LogP contribution in [0.5, 0.6) is 17.2 Å². The fourth-order valence-corrected chi connectivity index (χ4v) is 3.31. The molecule has 0 bridgehead atoms. The van der Waals surface area contributed by atoms with Gasteiger partial charge in [0.05, 0.1) is 25.4 Å². The lowest BCUT2D eigenvalue weighted by Gasteiger charge is -2.18. The number of amides is 2. The first-order valence-corrected chi connectivity index (χ1v) is 11.8. The molecule has 0 saturated carbocycles. The fourth-order valence-electron chi connectivity index (χ4n) is 3.31. The van der Waals surface area contributed by atoms with Crippen molar-refractivity contribution < 1.29 is 33.3 Å². The van der Waals surface area contributed by atoms with Gasteiger partial charge in [-0.15, -0.1) is 0 Å². The largest absolute Gasteiger partial charge is 0.490 e. The number of rotatable bonds is 13. The summed E-state index contributed by atoms with van der Waals surface area (Å²) in [7, 11) is 0. The summed E-state index contributed by atoms with van der Waals surface area (Å²) in [4.78, 5) is 39.0. The summed E-state index contributed by atoms with van der Waals surface area (Å²) >= 11 is 0. The molecule has 2 aromatic carbocycles. The number of carbonyl (C=O) groups excluding carboxylic acids is 3. The van der Waals surface area contributed by atoms with Crippen molar-refractivity contribution in [3.05, 3.63) is 47.5 Å². The molecule has 9 nitrogen and oxygen atoms in total. The van der Waals surface area contributed by atoms with Gasteiger partial charge < -0.3 is 29.2 Å². The lowest BCUT2D eigenvalue weighted by molar-refractivity contribution is -0.119. The molecule has 35 heavy (non-hydrogen) atoms. The predicted octanol–water partition coefficient (Wildman–Crippen LogP) is 4.16. The lowest BCUT2D eigenvalue weighted by Crippen LogP contribution is -2.30. The van der Waals surface area contributed by atoms with Gasteiger partial charge in [-0.05, 0) is 71.0 Å². The third kappa shape index (κ3) is 7.63. The van der Waals surface area contributed by atoms with E-state index >= 15 is 0 Å². The topological polar surface area (TPSA) is 103 Å². The summed E-state index contributed by atoms with van der Waals surface area (Å²) < 4.78 is 22.0. The van der Waals surface area contributed by atoms with Gasteiger partial charge in [-0.2, -0.15) is 0 Å². The maximum absolute atomic E-state index is 12.6. The number of hydrogen-bond donors (Lipinski definition) is 1. The molecule has 1 N–H and O–H groups in total. The molecule has 2 amide bonds. The highest BCUT2D eigenvalue weighted by atomic mass is 16.5. The van der Waals surface area contributed by atoms with E-state index in [4.69, 9.17) is 18.9 Å². The molecule has 2 rings (SSSR count). The van der Waals surface area contributed by atoms with Gasteiger partial charge in [-0.25, -0.2) is 4.79 Å². The number of ether oxygens (including phenoxy) is 4. The Labute approximate surface area is 206 Å². The Morgan fingerprint density at radius 1 is 0.771 bits per heavy atom. The van der Waals surface area contributed by atoms with Gasteiger partial charge in [0.15, 0.2) is 18.1 Å². The number of nitrogens with one attached hydrogen (secondary N) is 1. The molecule has 0 aliphatic rings. The van der Waals surface area contributed by atoms with E-state index in [-0.39, 0.29) is 11.5 Å². The van der Waals surface area contributed by atoms with Crippen molar-refractivity contribution in [2.75, 3.05) is 44.8 Å². The van der Waals surface area contributed by atoms with Crippen molar-refractivity contribution in [1.82, 2.24) is 4.90 Å². The van der Waals surface area contributed by atoms with Crippen LogP contribution < -0.4 is 19.5 Å². The van der Waals surface area contributed by atoms with Crippen LogP contribution in [0.25, 0.3) is 0 Å². The van der Waals surface area contributed by atoms with Crippen LogP contribution in [0.3, 0.4) is 0 Å². The minimum atomic E-state index is -0.703. The SMILES string of the molecule is CCOc1cc(C(=O)OCC(=O)Nc2ccc(C(=O)N(CC)CC)cc2)cc(OCC)c1OCC. The number of esters is 1. The minimum Gasteiger partial charge on any atom is -0.490 e. The maximum Gasteiger partial charge on any atom is 0.338 e. The molecule has 0 aromatic heterocycles. The van der Waals surface area contributed by atoms with E-state index < -0.39 is 18.5 Å². The van der Waals surface area contributed by atoms with Crippen molar-refractivity contribution in [2.24, 2.45) is 0 Å². The molecule has 190 valence electrons. The molecule has 0 radical (unpaired) electrons. The molecular weight excluding hydrogens is 452 g/mol. The van der Waals surface area contributed by atoms with Crippen LogP contribution in [0.2, 0.25) is 0 Å². The zero-order valence-electron chi connectivity index (χ0n) is 21.0. The van der Waals surface area contributed by atoms with Gasteiger partial charge in [0, 0.05) is 24.3 Å². The minimum absolute atomic E-state index is 0.0741. The first kappa shape index (κ1) is 27.5. The molecule has 0 saturated heterocycles. The van der Waals surface area contributed by atoms with E-state index in [1.54, 1.807) is 29.2 Å². The van der Waals surface area contributed by atoms with Crippen LogP contribution in [0.4, 0.5) is 5.69 Å². The van der Waals surface area contributed by atoms with Gasteiger partial charge in [0.1, 0.15) is 0 Å². The Morgan fingerprint density at radius 2 is 1.31 bits per heavy atom. The fraction of sp³-hybridized carbons (Fsp3) is 0.423. The standard InChI is InChI=1S/C26H34N2O7/c1-6-28(7-2)25(30)18-11-13-20(14-12-18)27-23(29)17-35-26(31)19-15-21(32-8-3)24(34-10-5)22(16-19)33-9-4/h11-16H,6-10,17H2,1-5H3,(H,27,29). The molecule has 0 heterocycles. The Balaban J connectivity index is 2.04. The molecule has 2 aromatic rings. The monoisotopic (exact) mass is 486 g/mol. The van der Waals surface area contributed by atoms with E-state index in [9.17, 15) is 14.4 Å². The summed E-state index contributed by atoms with van der Waals surface area (Å²) in [6, 6.07) is 9.56. The van der Waals surface area contributed by atoms with Gasteiger partial charge in [-0.3, -0.25) is 9.59 Å². The molecular formula is C26H34N2O7. The van der Waals surface area contributed by atoms with Crippen molar-refractivity contribution in [1.29, 1.82) is 0 Å². The smallest absolute Gasteiger partial charge is 0.338 e. The van der Waals surface area contributed by atoms with E-state index in [2.05, 4.69) is 5.32 Å². The van der Waals surface area contributed by atoms with E-state index in [1.807, 2.05) is 34.6 Å².